The van der Waals surface area contributed by atoms with Crippen LogP contribution in [0.4, 0.5) is 0 Å². The van der Waals surface area contributed by atoms with Crippen LogP contribution in [0.3, 0.4) is 0 Å². The van der Waals surface area contributed by atoms with Gasteiger partial charge >= 0.3 is 5.97 Å². The predicted octanol–water partition coefficient (Wildman–Crippen LogP) is 6.19. The highest BCUT2D eigenvalue weighted by Crippen LogP contribution is 2.34. The van der Waals surface area contributed by atoms with Gasteiger partial charge in [-0.3, -0.25) is 9.78 Å². The molecule has 0 unspecified atom stereocenters. The molecule has 2 aromatic carbocycles. The molecule has 0 spiro atoms. The van der Waals surface area contributed by atoms with Gasteiger partial charge in [-0.25, -0.2) is 0 Å². The molecule has 1 N–H and O–H groups in total. The van der Waals surface area contributed by atoms with Crippen LogP contribution in [0.15, 0.2) is 48.5 Å². The smallest absolute Gasteiger partial charge is 0.303 e. The van der Waals surface area contributed by atoms with Gasteiger partial charge in [-0.2, -0.15) is 0 Å². The number of nitrogens with zero attached hydrogens (tertiary/aromatic N) is 1. The van der Waals surface area contributed by atoms with E-state index in [2.05, 4.69) is 29.2 Å². The Labute approximate surface area is 177 Å². The van der Waals surface area contributed by atoms with Crippen LogP contribution >= 0.6 is 0 Å². The van der Waals surface area contributed by atoms with Gasteiger partial charge in [-0.05, 0) is 73.6 Å². The number of aliphatic carboxylic acids is 1. The molecule has 1 heterocycles. The first-order valence-electron chi connectivity index (χ1n) is 10.9. The van der Waals surface area contributed by atoms with Crippen LogP contribution in [0, 0.1) is 12.8 Å². The Kier molecular flexibility index (Phi) is 6.32. The lowest BCUT2D eigenvalue weighted by atomic mass is 9.90. The number of carbonyl (C=O) groups is 1. The van der Waals surface area contributed by atoms with Gasteiger partial charge in [0.05, 0.1) is 12.1 Å². The maximum absolute atomic E-state index is 11.0. The number of hydrogen-bond acceptors (Lipinski definition) is 3. The van der Waals surface area contributed by atoms with E-state index in [1.54, 1.807) is 0 Å². The van der Waals surface area contributed by atoms with Crippen LogP contribution in [-0.4, -0.2) is 22.7 Å². The summed E-state index contributed by atoms with van der Waals surface area (Å²) in [4.78, 5) is 15.6. The maximum atomic E-state index is 11.0. The Hall–Kier alpha value is -2.88. The van der Waals surface area contributed by atoms with Crippen molar-refractivity contribution in [1.29, 1.82) is 0 Å². The van der Waals surface area contributed by atoms with Gasteiger partial charge < -0.3 is 9.84 Å². The number of pyridine rings is 1. The molecule has 0 bridgehead atoms. The molecule has 3 aromatic rings. The molecule has 156 valence electrons. The summed E-state index contributed by atoms with van der Waals surface area (Å²) in [5.41, 5.74) is 5.09. The summed E-state index contributed by atoms with van der Waals surface area (Å²) in [6, 6.07) is 16.5. The number of carboxylic acids is 1. The number of ether oxygens (including phenoxy) is 1. The van der Waals surface area contributed by atoms with Gasteiger partial charge in [0.25, 0.3) is 0 Å². The second kappa shape index (κ2) is 9.29. The number of rotatable bonds is 7. The normalized spacial score (nSPS) is 14.7. The fourth-order valence-electron chi connectivity index (χ4n) is 4.29. The topological polar surface area (TPSA) is 59.4 Å². The fourth-order valence-corrected chi connectivity index (χ4v) is 4.29. The quantitative estimate of drug-likeness (QED) is 0.511. The number of carboxylic acid groups (broad SMARTS) is 1. The van der Waals surface area contributed by atoms with Crippen molar-refractivity contribution in [2.45, 2.75) is 51.9 Å². The lowest BCUT2D eigenvalue weighted by Gasteiger charge is -2.23. The van der Waals surface area contributed by atoms with E-state index in [1.165, 1.54) is 32.1 Å². The number of aromatic nitrogens is 1. The molecule has 1 saturated carbocycles. The predicted molar refractivity (Wildman–Crippen MR) is 120 cm³/mol. The van der Waals surface area contributed by atoms with E-state index in [0.29, 0.717) is 12.3 Å². The lowest BCUT2D eigenvalue weighted by molar-refractivity contribution is -0.136. The molecule has 1 aromatic heterocycles. The molecule has 1 fully saturated rings. The van der Waals surface area contributed by atoms with Gasteiger partial charge in [0.1, 0.15) is 5.75 Å². The standard InChI is InChI=1S/C26H29NO3/c1-18-7-10-22-16-21(11-12-24(22)27-18)23-15-19(9-14-26(28)29)8-13-25(23)30-17-20-5-3-2-4-6-20/h7-8,10-13,15-16,20H,2-6,9,14,17H2,1H3,(H,28,29). The van der Waals surface area contributed by atoms with Crippen LogP contribution < -0.4 is 4.74 Å². The van der Waals surface area contributed by atoms with Crippen molar-refractivity contribution in [2.75, 3.05) is 6.61 Å². The van der Waals surface area contributed by atoms with E-state index in [1.807, 2.05) is 31.2 Å². The fraction of sp³-hybridized carbons (Fsp3) is 0.385. The number of hydrogen-bond donors (Lipinski definition) is 1. The van der Waals surface area contributed by atoms with Crippen molar-refractivity contribution in [3.63, 3.8) is 0 Å². The van der Waals surface area contributed by atoms with Crippen LogP contribution in [0.1, 0.15) is 49.8 Å². The summed E-state index contributed by atoms with van der Waals surface area (Å²) in [7, 11) is 0. The van der Waals surface area contributed by atoms with Crippen molar-refractivity contribution in [2.24, 2.45) is 5.92 Å². The molecule has 0 aliphatic heterocycles. The second-order valence-corrected chi connectivity index (χ2v) is 8.40. The molecule has 1 aliphatic carbocycles. The van der Waals surface area contributed by atoms with Gasteiger partial charge in [0.2, 0.25) is 0 Å². The molecule has 0 atom stereocenters. The minimum atomic E-state index is -0.777. The maximum Gasteiger partial charge on any atom is 0.303 e. The van der Waals surface area contributed by atoms with Crippen molar-refractivity contribution in [1.82, 2.24) is 4.98 Å². The highest BCUT2D eigenvalue weighted by atomic mass is 16.5. The minimum absolute atomic E-state index is 0.128. The second-order valence-electron chi connectivity index (χ2n) is 8.40. The zero-order valence-electron chi connectivity index (χ0n) is 17.6. The molecule has 4 nitrogen and oxygen atoms in total. The lowest BCUT2D eigenvalue weighted by Crippen LogP contribution is -2.15. The zero-order chi connectivity index (χ0) is 20.9. The SMILES string of the molecule is Cc1ccc2cc(-c3cc(CCC(=O)O)ccc3OCC3CCCCC3)ccc2n1. The first-order chi connectivity index (χ1) is 14.6. The summed E-state index contributed by atoms with van der Waals surface area (Å²) in [5.74, 6) is 0.724. The third-order valence-corrected chi connectivity index (χ3v) is 6.01. The van der Waals surface area contributed by atoms with Gasteiger partial charge in [0.15, 0.2) is 0 Å². The average molecular weight is 404 g/mol. The van der Waals surface area contributed by atoms with Gasteiger partial charge in [-0.15, -0.1) is 0 Å². The molecule has 0 radical (unpaired) electrons. The first kappa shape index (κ1) is 20.4. The molecule has 0 amide bonds. The highest BCUT2D eigenvalue weighted by Gasteiger charge is 2.16. The third kappa shape index (κ3) is 4.99. The van der Waals surface area contributed by atoms with Gasteiger partial charge in [0, 0.05) is 23.1 Å². The molecule has 4 rings (SSSR count). The van der Waals surface area contributed by atoms with E-state index in [4.69, 9.17) is 9.84 Å². The average Bonchev–Trinajstić information content (AvgIpc) is 2.77. The summed E-state index contributed by atoms with van der Waals surface area (Å²) < 4.78 is 6.31. The summed E-state index contributed by atoms with van der Waals surface area (Å²) in [6.07, 6.45) is 7.06. The van der Waals surface area contributed by atoms with Crippen LogP contribution in [-0.2, 0) is 11.2 Å². The molecular formula is C26H29NO3. The monoisotopic (exact) mass is 403 g/mol. The van der Waals surface area contributed by atoms with Crippen molar-refractivity contribution < 1.29 is 14.6 Å². The Morgan fingerprint density at radius 3 is 2.70 bits per heavy atom. The number of fused-ring (bicyclic) bond motifs is 1. The van der Waals surface area contributed by atoms with Crippen LogP contribution in [0.2, 0.25) is 0 Å². The van der Waals surface area contributed by atoms with Crippen molar-refractivity contribution >= 4 is 16.9 Å². The molecule has 30 heavy (non-hydrogen) atoms. The molecular weight excluding hydrogens is 374 g/mol. The van der Waals surface area contributed by atoms with E-state index < -0.39 is 5.97 Å². The number of aryl methyl sites for hydroxylation is 2. The van der Waals surface area contributed by atoms with E-state index >= 15 is 0 Å². The first-order valence-corrected chi connectivity index (χ1v) is 10.9. The summed E-state index contributed by atoms with van der Waals surface area (Å²) in [6.45, 7) is 2.74. The zero-order valence-corrected chi connectivity index (χ0v) is 17.6. The van der Waals surface area contributed by atoms with Gasteiger partial charge in [-0.1, -0.05) is 37.5 Å². The van der Waals surface area contributed by atoms with Crippen LogP contribution in [0.5, 0.6) is 5.75 Å². The summed E-state index contributed by atoms with van der Waals surface area (Å²) >= 11 is 0. The molecule has 4 heteroatoms. The van der Waals surface area contributed by atoms with E-state index in [-0.39, 0.29) is 6.42 Å². The Morgan fingerprint density at radius 2 is 1.90 bits per heavy atom. The number of benzene rings is 2. The Morgan fingerprint density at radius 1 is 1.07 bits per heavy atom. The van der Waals surface area contributed by atoms with Crippen molar-refractivity contribution in [3.05, 3.63) is 59.8 Å². The molecule has 1 aliphatic rings. The Bertz CT molecular complexity index is 1040. The highest BCUT2D eigenvalue weighted by molar-refractivity contribution is 5.86. The minimum Gasteiger partial charge on any atom is -0.493 e. The van der Waals surface area contributed by atoms with Crippen LogP contribution in [0.25, 0.3) is 22.0 Å². The van der Waals surface area contributed by atoms with Crippen molar-refractivity contribution in [3.8, 4) is 16.9 Å². The summed E-state index contributed by atoms with van der Waals surface area (Å²) in [5, 5.41) is 10.1. The van der Waals surface area contributed by atoms with E-state index in [0.717, 1.165) is 45.6 Å². The van der Waals surface area contributed by atoms with E-state index in [9.17, 15) is 4.79 Å². The molecule has 0 saturated heterocycles. The third-order valence-electron chi connectivity index (χ3n) is 6.01. The Balaban J connectivity index is 1.65. The largest absolute Gasteiger partial charge is 0.493 e.